The molecule has 0 aromatic heterocycles. The Kier molecular flexibility index (Phi) is 4.28. The highest BCUT2D eigenvalue weighted by Crippen LogP contribution is 2.00. The Labute approximate surface area is 99.4 Å². The van der Waals surface area contributed by atoms with Crippen molar-refractivity contribution in [2.45, 2.75) is 0 Å². The molecule has 1 rings (SSSR count). The summed E-state index contributed by atoms with van der Waals surface area (Å²) in [7, 11) is 3.36. The van der Waals surface area contributed by atoms with Gasteiger partial charge in [0.15, 0.2) is 0 Å². The van der Waals surface area contributed by atoms with E-state index in [0.29, 0.717) is 5.56 Å². The number of nitrogens with one attached hydrogen (secondary N) is 1. The average Bonchev–Trinajstić information content (AvgIpc) is 2.28. The third kappa shape index (κ3) is 3.98. The van der Waals surface area contributed by atoms with Gasteiger partial charge in [0.1, 0.15) is 5.70 Å². The van der Waals surface area contributed by atoms with Crippen LogP contribution in [-0.2, 0) is 4.79 Å². The lowest BCUT2D eigenvalue weighted by Crippen LogP contribution is -2.28. The number of aliphatic carboxylic acids is 1. The SMILES string of the molecule is CN(C)/C=C(/NC(=O)c1ccccc1)C(=O)O. The summed E-state index contributed by atoms with van der Waals surface area (Å²) in [6, 6.07) is 8.44. The first-order chi connectivity index (χ1) is 8.00. The lowest BCUT2D eigenvalue weighted by Gasteiger charge is -2.10. The molecule has 90 valence electrons. The van der Waals surface area contributed by atoms with Crippen LogP contribution in [0.5, 0.6) is 0 Å². The van der Waals surface area contributed by atoms with Gasteiger partial charge >= 0.3 is 5.97 Å². The molecule has 0 radical (unpaired) electrons. The van der Waals surface area contributed by atoms with Crippen LogP contribution in [0.1, 0.15) is 10.4 Å². The van der Waals surface area contributed by atoms with Crippen LogP contribution in [0.3, 0.4) is 0 Å². The monoisotopic (exact) mass is 234 g/mol. The zero-order valence-corrected chi connectivity index (χ0v) is 9.68. The number of hydrogen-bond acceptors (Lipinski definition) is 3. The fourth-order valence-electron chi connectivity index (χ4n) is 1.18. The van der Waals surface area contributed by atoms with E-state index in [1.165, 1.54) is 6.20 Å². The molecule has 0 unspecified atom stereocenters. The van der Waals surface area contributed by atoms with Gasteiger partial charge in [0.2, 0.25) is 0 Å². The Bertz CT molecular complexity index is 438. The number of carboxylic acid groups (broad SMARTS) is 1. The van der Waals surface area contributed by atoms with Crippen LogP contribution in [0.15, 0.2) is 42.2 Å². The molecule has 0 bridgehead atoms. The maximum atomic E-state index is 11.7. The molecule has 0 spiro atoms. The third-order valence-corrected chi connectivity index (χ3v) is 1.90. The minimum atomic E-state index is -1.18. The molecule has 0 saturated carbocycles. The zero-order chi connectivity index (χ0) is 12.8. The number of hydrogen-bond donors (Lipinski definition) is 2. The fourth-order valence-corrected chi connectivity index (χ4v) is 1.18. The summed E-state index contributed by atoms with van der Waals surface area (Å²) < 4.78 is 0. The van der Waals surface area contributed by atoms with Crippen molar-refractivity contribution in [1.82, 2.24) is 10.2 Å². The molecule has 5 nitrogen and oxygen atoms in total. The van der Waals surface area contributed by atoms with E-state index in [1.54, 1.807) is 49.3 Å². The van der Waals surface area contributed by atoms with E-state index in [2.05, 4.69) is 5.32 Å². The highest BCUT2D eigenvalue weighted by molar-refractivity contribution is 6.00. The fraction of sp³-hybridized carbons (Fsp3) is 0.167. The van der Waals surface area contributed by atoms with Crippen LogP contribution in [-0.4, -0.2) is 36.0 Å². The molecule has 0 heterocycles. The van der Waals surface area contributed by atoms with Crippen molar-refractivity contribution in [3.05, 3.63) is 47.8 Å². The lowest BCUT2D eigenvalue weighted by molar-refractivity contribution is -0.133. The maximum Gasteiger partial charge on any atom is 0.353 e. The van der Waals surface area contributed by atoms with Gasteiger partial charge in [0, 0.05) is 25.9 Å². The molecular formula is C12H14N2O3. The minimum Gasteiger partial charge on any atom is -0.477 e. The Balaban J connectivity index is 2.83. The summed E-state index contributed by atoms with van der Waals surface area (Å²) in [6.07, 6.45) is 1.34. The molecule has 17 heavy (non-hydrogen) atoms. The van der Waals surface area contributed by atoms with Crippen molar-refractivity contribution in [2.75, 3.05) is 14.1 Å². The number of carboxylic acids is 1. The molecule has 0 aliphatic heterocycles. The van der Waals surface area contributed by atoms with Gasteiger partial charge in [0.25, 0.3) is 5.91 Å². The molecule has 0 aliphatic carbocycles. The van der Waals surface area contributed by atoms with E-state index in [1.807, 2.05) is 0 Å². The molecule has 1 aromatic carbocycles. The number of amides is 1. The van der Waals surface area contributed by atoms with Crippen LogP contribution in [0.4, 0.5) is 0 Å². The van der Waals surface area contributed by atoms with Gasteiger partial charge < -0.3 is 15.3 Å². The zero-order valence-electron chi connectivity index (χ0n) is 9.68. The Morgan fingerprint density at radius 3 is 2.29 bits per heavy atom. The quantitative estimate of drug-likeness (QED) is 0.759. The van der Waals surface area contributed by atoms with Gasteiger partial charge in [-0.1, -0.05) is 18.2 Å². The Hall–Kier alpha value is -2.30. The van der Waals surface area contributed by atoms with Gasteiger partial charge in [0.05, 0.1) is 0 Å². The summed E-state index contributed by atoms with van der Waals surface area (Å²) >= 11 is 0. The standard InChI is InChI=1S/C12H14N2O3/c1-14(2)8-10(12(16)17)13-11(15)9-6-4-3-5-7-9/h3-8H,1-2H3,(H,13,15)(H,16,17)/b10-8+. The smallest absolute Gasteiger partial charge is 0.353 e. The summed E-state index contributed by atoms with van der Waals surface area (Å²) in [4.78, 5) is 24.1. The van der Waals surface area contributed by atoms with Crippen molar-refractivity contribution in [1.29, 1.82) is 0 Å². The average molecular weight is 234 g/mol. The number of carbonyl (C=O) groups excluding carboxylic acids is 1. The summed E-state index contributed by atoms with van der Waals surface area (Å²) in [6.45, 7) is 0. The van der Waals surface area contributed by atoms with E-state index in [-0.39, 0.29) is 5.70 Å². The van der Waals surface area contributed by atoms with E-state index in [0.717, 1.165) is 0 Å². The Morgan fingerprint density at radius 1 is 1.24 bits per heavy atom. The second-order valence-electron chi connectivity index (χ2n) is 3.63. The molecule has 0 saturated heterocycles. The maximum absolute atomic E-state index is 11.7. The highest BCUT2D eigenvalue weighted by Gasteiger charge is 2.12. The predicted molar refractivity (Wildman–Crippen MR) is 63.3 cm³/mol. The highest BCUT2D eigenvalue weighted by atomic mass is 16.4. The van der Waals surface area contributed by atoms with Gasteiger partial charge in [-0.15, -0.1) is 0 Å². The number of benzene rings is 1. The molecule has 5 heteroatoms. The summed E-state index contributed by atoms with van der Waals surface area (Å²) in [5, 5.41) is 11.3. The lowest BCUT2D eigenvalue weighted by atomic mass is 10.2. The molecule has 2 N–H and O–H groups in total. The number of carbonyl (C=O) groups is 2. The van der Waals surface area contributed by atoms with Crippen molar-refractivity contribution in [3.8, 4) is 0 Å². The van der Waals surface area contributed by atoms with Gasteiger partial charge in [-0.2, -0.15) is 0 Å². The van der Waals surface area contributed by atoms with E-state index in [9.17, 15) is 9.59 Å². The van der Waals surface area contributed by atoms with Crippen molar-refractivity contribution in [3.63, 3.8) is 0 Å². The number of rotatable bonds is 4. The van der Waals surface area contributed by atoms with Crippen LogP contribution in [0.25, 0.3) is 0 Å². The molecule has 0 aliphatic rings. The van der Waals surface area contributed by atoms with Gasteiger partial charge in [-0.05, 0) is 12.1 Å². The van der Waals surface area contributed by atoms with Crippen LogP contribution < -0.4 is 5.32 Å². The van der Waals surface area contributed by atoms with Crippen LogP contribution >= 0.6 is 0 Å². The van der Waals surface area contributed by atoms with Crippen molar-refractivity contribution >= 4 is 11.9 Å². The normalized spacial score (nSPS) is 10.8. The molecule has 0 atom stereocenters. The Morgan fingerprint density at radius 2 is 1.82 bits per heavy atom. The molecular weight excluding hydrogens is 220 g/mol. The summed E-state index contributed by atoms with van der Waals surface area (Å²) in [5.41, 5.74) is 0.252. The third-order valence-electron chi connectivity index (χ3n) is 1.90. The summed E-state index contributed by atoms with van der Waals surface area (Å²) in [5.74, 6) is -1.62. The minimum absolute atomic E-state index is 0.163. The first-order valence-electron chi connectivity index (χ1n) is 4.98. The predicted octanol–water partition coefficient (Wildman–Crippen LogP) is 0.904. The first kappa shape index (κ1) is 12.8. The van der Waals surface area contributed by atoms with Gasteiger partial charge in [-0.25, -0.2) is 4.79 Å². The molecule has 1 amide bonds. The van der Waals surface area contributed by atoms with Crippen molar-refractivity contribution < 1.29 is 14.7 Å². The van der Waals surface area contributed by atoms with E-state index < -0.39 is 11.9 Å². The first-order valence-corrected chi connectivity index (χ1v) is 4.98. The molecule has 1 aromatic rings. The van der Waals surface area contributed by atoms with Crippen LogP contribution in [0, 0.1) is 0 Å². The van der Waals surface area contributed by atoms with Crippen molar-refractivity contribution in [2.24, 2.45) is 0 Å². The largest absolute Gasteiger partial charge is 0.477 e. The second-order valence-corrected chi connectivity index (χ2v) is 3.63. The van der Waals surface area contributed by atoms with E-state index >= 15 is 0 Å². The second kappa shape index (κ2) is 5.69. The molecule has 0 fully saturated rings. The van der Waals surface area contributed by atoms with Gasteiger partial charge in [-0.3, -0.25) is 4.79 Å². The van der Waals surface area contributed by atoms with E-state index in [4.69, 9.17) is 5.11 Å². The van der Waals surface area contributed by atoms with Crippen LogP contribution in [0.2, 0.25) is 0 Å². The topological polar surface area (TPSA) is 69.6 Å². The number of nitrogens with zero attached hydrogens (tertiary/aromatic N) is 1.